The molecule has 4 rings (SSSR count). The van der Waals surface area contributed by atoms with Crippen molar-refractivity contribution in [1.82, 2.24) is 0 Å². The molecule has 2 bridgehead atoms. The third-order valence-corrected chi connectivity index (χ3v) is 10.5. The van der Waals surface area contributed by atoms with E-state index in [0.717, 1.165) is 25.7 Å². The van der Waals surface area contributed by atoms with Crippen molar-refractivity contribution in [1.29, 1.82) is 0 Å². The van der Waals surface area contributed by atoms with Crippen LogP contribution in [0.4, 0.5) is 0 Å². The quantitative estimate of drug-likeness (QED) is 0.133. The summed E-state index contributed by atoms with van der Waals surface area (Å²) in [4.78, 5) is 40.2. The first kappa shape index (κ1) is 31.6. The van der Waals surface area contributed by atoms with Crippen LogP contribution in [0, 0.1) is 22.7 Å². The van der Waals surface area contributed by atoms with Gasteiger partial charge in [0.15, 0.2) is 5.78 Å². The Bertz CT molecular complexity index is 1190. The normalized spacial score (nSPS) is 39.0. The number of ketones is 1. The number of esters is 2. The fourth-order valence-electron chi connectivity index (χ4n) is 7.90. The van der Waals surface area contributed by atoms with Gasteiger partial charge in [0.1, 0.15) is 30.0 Å². The standard InChI is InChI=1S/C32H47NO8/c1-7-9-10-11-12-13-23(34)41-31-16-22(33)30-15-19(4)25(35)32(30,39)26(36)20(17-40-28(38)18(3)8-2)14-21(27(30)37)24(31)29(31,5)6/h8,14-15,21-22,24-26,35-36,39H,7,9-13,16-17,33H2,1-6H3/b18-8+/t21-,22+,24+,25-,26+,30-,31-,32+/m0/s1. The number of allylic oxidation sites excluding steroid dienone is 2. The van der Waals surface area contributed by atoms with Crippen LogP contribution in [0.25, 0.3) is 0 Å². The first-order chi connectivity index (χ1) is 19.2. The largest absolute Gasteiger partial charge is 0.458 e. The summed E-state index contributed by atoms with van der Waals surface area (Å²) in [6, 6.07) is -1.08. The molecule has 4 aliphatic carbocycles. The van der Waals surface area contributed by atoms with Gasteiger partial charge in [0, 0.05) is 41.7 Å². The number of aliphatic hydroxyl groups is 3. The molecule has 0 radical (unpaired) electrons. The van der Waals surface area contributed by atoms with Crippen molar-refractivity contribution in [2.45, 2.75) is 116 Å². The van der Waals surface area contributed by atoms with Gasteiger partial charge < -0.3 is 30.5 Å². The molecule has 0 amide bonds. The lowest BCUT2D eigenvalue weighted by Crippen LogP contribution is -2.68. The van der Waals surface area contributed by atoms with Crippen LogP contribution in [-0.2, 0) is 23.9 Å². The number of hydrogen-bond donors (Lipinski definition) is 4. The first-order valence-corrected chi connectivity index (χ1v) is 15.0. The van der Waals surface area contributed by atoms with Gasteiger partial charge in [-0.3, -0.25) is 9.59 Å². The summed E-state index contributed by atoms with van der Waals surface area (Å²) in [5, 5.41) is 35.1. The fourth-order valence-corrected chi connectivity index (χ4v) is 7.90. The predicted molar refractivity (Wildman–Crippen MR) is 152 cm³/mol. The van der Waals surface area contributed by atoms with Gasteiger partial charge in [-0.1, -0.05) is 64.7 Å². The number of Topliss-reactive ketones (excluding diaryl/α,β-unsaturated/α-hetero) is 1. The monoisotopic (exact) mass is 573 g/mol. The Morgan fingerprint density at radius 2 is 1.80 bits per heavy atom. The van der Waals surface area contributed by atoms with E-state index in [2.05, 4.69) is 6.92 Å². The van der Waals surface area contributed by atoms with E-state index in [1.54, 1.807) is 32.9 Å². The van der Waals surface area contributed by atoms with Crippen LogP contribution >= 0.6 is 0 Å². The molecule has 0 aromatic heterocycles. The van der Waals surface area contributed by atoms with E-state index in [1.165, 1.54) is 6.08 Å². The van der Waals surface area contributed by atoms with E-state index in [1.807, 2.05) is 13.8 Å². The molecule has 2 fully saturated rings. The zero-order valence-electron chi connectivity index (χ0n) is 25.2. The molecule has 41 heavy (non-hydrogen) atoms. The number of carbonyl (C=O) groups is 3. The van der Waals surface area contributed by atoms with Gasteiger partial charge in [0.2, 0.25) is 0 Å². The topological polar surface area (TPSA) is 156 Å². The number of hydrogen-bond acceptors (Lipinski definition) is 9. The molecule has 0 saturated heterocycles. The highest BCUT2D eigenvalue weighted by atomic mass is 16.6. The van der Waals surface area contributed by atoms with E-state index >= 15 is 0 Å². The molecular formula is C32H47NO8. The van der Waals surface area contributed by atoms with Crippen LogP contribution in [0.5, 0.6) is 0 Å². The summed E-state index contributed by atoms with van der Waals surface area (Å²) < 4.78 is 11.7. The van der Waals surface area contributed by atoms with Gasteiger partial charge in [-0.15, -0.1) is 0 Å². The maximum absolute atomic E-state index is 14.6. The molecule has 228 valence electrons. The molecular weight excluding hydrogens is 526 g/mol. The van der Waals surface area contributed by atoms with Crippen LogP contribution in [0.2, 0.25) is 0 Å². The first-order valence-electron chi connectivity index (χ1n) is 15.0. The van der Waals surface area contributed by atoms with Gasteiger partial charge in [0.05, 0.1) is 5.41 Å². The van der Waals surface area contributed by atoms with Crippen molar-refractivity contribution in [3.63, 3.8) is 0 Å². The molecule has 0 heterocycles. The average Bonchev–Trinajstić information content (AvgIpc) is 3.34. The van der Waals surface area contributed by atoms with Crippen molar-refractivity contribution >= 4 is 17.7 Å². The third kappa shape index (κ3) is 4.55. The van der Waals surface area contributed by atoms with Crippen molar-refractivity contribution in [3.05, 3.63) is 34.9 Å². The van der Waals surface area contributed by atoms with Gasteiger partial charge in [-0.25, -0.2) is 4.79 Å². The fraction of sp³-hybridized carbons (Fsp3) is 0.719. The van der Waals surface area contributed by atoms with E-state index in [0.29, 0.717) is 17.6 Å². The van der Waals surface area contributed by atoms with Crippen molar-refractivity contribution in [3.8, 4) is 0 Å². The minimum absolute atomic E-state index is 0.0820. The molecule has 4 aliphatic rings. The Labute approximate surface area is 242 Å². The second-order valence-corrected chi connectivity index (χ2v) is 13.1. The zero-order valence-corrected chi connectivity index (χ0v) is 25.2. The molecule has 0 unspecified atom stereocenters. The van der Waals surface area contributed by atoms with Gasteiger partial charge in [0.25, 0.3) is 0 Å². The highest BCUT2D eigenvalue weighted by Crippen LogP contribution is 2.74. The van der Waals surface area contributed by atoms with E-state index in [9.17, 15) is 29.7 Å². The predicted octanol–water partition coefficient (Wildman–Crippen LogP) is 3.05. The van der Waals surface area contributed by atoms with Crippen LogP contribution in [0.1, 0.15) is 86.5 Å². The van der Waals surface area contributed by atoms with Gasteiger partial charge in [-0.2, -0.15) is 0 Å². The lowest BCUT2D eigenvalue weighted by Gasteiger charge is -2.48. The Kier molecular flexibility index (Phi) is 8.53. The highest BCUT2D eigenvalue weighted by Gasteiger charge is 2.83. The molecule has 1 spiro atoms. The van der Waals surface area contributed by atoms with Crippen LogP contribution < -0.4 is 5.73 Å². The lowest BCUT2D eigenvalue weighted by molar-refractivity contribution is -0.186. The Hall–Kier alpha value is -2.33. The van der Waals surface area contributed by atoms with E-state index in [-0.39, 0.29) is 24.4 Å². The zero-order chi connectivity index (χ0) is 30.5. The Balaban J connectivity index is 1.75. The summed E-state index contributed by atoms with van der Waals surface area (Å²) in [6.07, 6.45) is 6.54. The second-order valence-electron chi connectivity index (χ2n) is 13.1. The number of ether oxygens (including phenoxy) is 2. The molecule has 2 saturated carbocycles. The second kappa shape index (κ2) is 11.1. The Morgan fingerprint density at radius 3 is 2.44 bits per heavy atom. The van der Waals surface area contributed by atoms with E-state index < -0.39 is 70.5 Å². The maximum atomic E-state index is 14.6. The number of aliphatic hydroxyl groups excluding tert-OH is 2. The van der Waals surface area contributed by atoms with Crippen molar-refractivity contribution < 1.29 is 39.2 Å². The minimum Gasteiger partial charge on any atom is -0.458 e. The number of fused-ring (bicyclic) bond motifs is 3. The van der Waals surface area contributed by atoms with E-state index in [4.69, 9.17) is 15.2 Å². The number of nitrogens with two attached hydrogens (primary N) is 1. The van der Waals surface area contributed by atoms with Crippen LogP contribution in [-0.4, -0.2) is 69.1 Å². The molecule has 0 aromatic rings. The summed E-state index contributed by atoms with van der Waals surface area (Å²) in [5.41, 5.74) is 1.64. The average molecular weight is 574 g/mol. The SMILES string of the molecule is C/C=C(\C)C(=O)OCC1=C[C@@H]2C(=O)[C@]3(C=C(C)[C@H](O)[C@@]3(O)[C@@H]1O)[C@H](N)C[C@]1(OC(=O)CCCCCCC)[C@H]2C1(C)C. The molecule has 0 aromatic carbocycles. The smallest absolute Gasteiger partial charge is 0.333 e. The summed E-state index contributed by atoms with van der Waals surface area (Å²) >= 11 is 0. The number of carbonyl (C=O) groups excluding carboxylic acids is 3. The van der Waals surface area contributed by atoms with Gasteiger partial charge in [-0.05, 0) is 38.3 Å². The summed E-state index contributed by atoms with van der Waals surface area (Å²) in [7, 11) is 0. The summed E-state index contributed by atoms with van der Waals surface area (Å²) in [6.45, 7) is 10.5. The molecule has 9 nitrogen and oxygen atoms in total. The Morgan fingerprint density at radius 1 is 1.15 bits per heavy atom. The van der Waals surface area contributed by atoms with Gasteiger partial charge >= 0.3 is 11.9 Å². The lowest BCUT2D eigenvalue weighted by atomic mass is 9.61. The van der Waals surface area contributed by atoms with Crippen molar-refractivity contribution in [2.24, 2.45) is 28.4 Å². The maximum Gasteiger partial charge on any atom is 0.333 e. The number of rotatable bonds is 10. The molecule has 0 aliphatic heterocycles. The minimum atomic E-state index is -2.40. The number of unbranched alkanes of at least 4 members (excludes halogenated alkanes) is 4. The van der Waals surface area contributed by atoms with Crippen molar-refractivity contribution in [2.75, 3.05) is 6.61 Å². The molecule has 9 heteroatoms. The molecule has 5 N–H and O–H groups in total. The molecule has 8 atom stereocenters. The summed E-state index contributed by atoms with van der Waals surface area (Å²) in [5.74, 6) is -2.80. The highest BCUT2D eigenvalue weighted by molar-refractivity contribution is 5.96. The van der Waals surface area contributed by atoms with Crippen LogP contribution in [0.15, 0.2) is 34.9 Å². The third-order valence-electron chi connectivity index (χ3n) is 10.5. The van der Waals surface area contributed by atoms with Crippen LogP contribution in [0.3, 0.4) is 0 Å².